The third-order valence-electron chi connectivity index (χ3n) is 3.61. The van der Waals surface area contributed by atoms with Gasteiger partial charge in [-0.3, -0.25) is 0 Å². The molecule has 124 valence electrons. The molecule has 1 unspecified atom stereocenters. The Bertz CT molecular complexity index is 661. The van der Waals surface area contributed by atoms with E-state index in [0.29, 0.717) is 5.70 Å². The number of hydrogen-bond donors (Lipinski definition) is 1. The largest absolute Gasteiger partial charge is 0.466 e. The lowest BCUT2D eigenvalue weighted by molar-refractivity contribution is -0.136. The van der Waals surface area contributed by atoms with Gasteiger partial charge in [0.05, 0.1) is 18.7 Å². The van der Waals surface area contributed by atoms with Crippen LogP contribution in [0.3, 0.4) is 0 Å². The first kappa shape index (κ1) is 16.7. The minimum atomic E-state index is -3.02. The quantitative estimate of drug-likeness (QED) is 0.863. The molecule has 0 aromatic heterocycles. The number of methoxy groups -OCH3 is 1. The predicted octanol–water partition coefficient (Wildman–Crippen LogP) is 2.43. The molecule has 0 aliphatic carbocycles. The molecule has 0 radical (unpaired) electrons. The zero-order chi connectivity index (χ0) is 17.1. The van der Waals surface area contributed by atoms with Crippen molar-refractivity contribution in [2.75, 3.05) is 14.2 Å². The molecule has 1 N–H and O–H groups in total. The van der Waals surface area contributed by atoms with Gasteiger partial charge in [0.2, 0.25) is 0 Å². The highest BCUT2D eigenvalue weighted by Gasteiger charge is 2.36. The number of para-hydroxylation sites is 1. The second-order valence-electron chi connectivity index (χ2n) is 4.85. The van der Waals surface area contributed by atoms with E-state index in [2.05, 4.69) is 10.1 Å². The molecule has 0 saturated heterocycles. The number of carbonyl (C=O) groups is 2. The molecular formula is C15H16F2N2O4. The van der Waals surface area contributed by atoms with Gasteiger partial charge in [-0.2, -0.15) is 8.78 Å². The molecule has 0 bridgehead atoms. The van der Waals surface area contributed by atoms with E-state index in [1.54, 1.807) is 13.0 Å². The molecule has 0 saturated carbocycles. The van der Waals surface area contributed by atoms with Crippen molar-refractivity contribution in [3.63, 3.8) is 0 Å². The first-order valence-electron chi connectivity index (χ1n) is 6.73. The maximum atomic E-state index is 12.6. The Kier molecular flexibility index (Phi) is 4.83. The smallest absolute Gasteiger partial charge is 0.387 e. The highest BCUT2D eigenvalue weighted by Crippen LogP contribution is 2.35. The predicted molar refractivity (Wildman–Crippen MR) is 76.8 cm³/mol. The molecule has 0 fully saturated rings. The summed E-state index contributed by atoms with van der Waals surface area (Å²) in [5.74, 6) is -0.780. The maximum absolute atomic E-state index is 12.6. The van der Waals surface area contributed by atoms with Crippen molar-refractivity contribution in [1.29, 1.82) is 0 Å². The number of rotatable bonds is 4. The Balaban J connectivity index is 2.56. The van der Waals surface area contributed by atoms with Crippen LogP contribution in [0.5, 0.6) is 5.75 Å². The highest BCUT2D eigenvalue weighted by molar-refractivity contribution is 5.95. The molecule has 2 rings (SSSR count). The van der Waals surface area contributed by atoms with Crippen LogP contribution in [0, 0.1) is 0 Å². The van der Waals surface area contributed by atoms with Gasteiger partial charge in [-0.05, 0) is 13.0 Å². The van der Waals surface area contributed by atoms with E-state index in [1.807, 2.05) is 0 Å². The number of halogens is 2. The molecule has 23 heavy (non-hydrogen) atoms. The average Bonchev–Trinajstić information content (AvgIpc) is 2.51. The molecule has 1 aliphatic rings. The number of allylic oxidation sites excluding steroid dienone is 1. The lowest BCUT2D eigenvalue weighted by Crippen LogP contribution is -2.46. The molecule has 2 amide bonds. The fourth-order valence-corrected chi connectivity index (χ4v) is 2.37. The van der Waals surface area contributed by atoms with Gasteiger partial charge < -0.3 is 19.7 Å². The number of alkyl halides is 2. The fraction of sp³-hybridized carbons (Fsp3) is 0.333. The van der Waals surface area contributed by atoms with Crippen LogP contribution in [0.2, 0.25) is 0 Å². The van der Waals surface area contributed by atoms with Gasteiger partial charge in [0.1, 0.15) is 5.75 Å². The molecule has 1 atom stereocenters. The van der Waals surface area contributed by atoms with Gasteiger partial charge in [0, 0.05) is 18.3 Å². The number of nitrogens with zero attached hydrogens (tertiary/aromatic N) is 1. The van der Waals surface area contributed by atoms with E-state index < -0.39 is 24.7 Å². The molecule has 1 heterocycles. The van der Waals surface area contributed by atoms with Crippen molar-refractivity contribution in [2.24, 2.45) is 0 Å². The Labute approximate surface area is 131 Å². The van der Waals surface area contributed by atoms with Crippen LogP contribution < -0.4 is 10.1 Å². The van der Waals surface area contributed by atoms with Crippen LogP contribution in [0.4, 0.5) is 13.6 Å². The number of ether oxygens (including phenoxy) is 2. The average molecular weight is 326 g/mol. The van der Waals surface area contributed by atoms with Crippen molar-refractivity contribution in [1.82, 2.24) is 10.2 Å². The first-order chi connectivity index (χ1) is 10.9. The molecule has 1 aromatic rings. The van der Waals surface area contributed by atoms with Crippen LogP contribution in [0.15, 0.2) is 35.5 Å². The monoisotopic (exact) mass is 326 g/mol. The van der Waals surface area contributed by atoms with Gasteiger partial charge in [-0.15, -0.1) is 0 Å². The summed E-state index contributed by atoms with van der Waals surface area (Å²) in [6.45, 7) is -1.45. The number of nitrogens with one attached hydrogen (secondary N) is 1. The van der Waals surface area contributed by atoms with E-state index in [4.69, 9.17) is 4.74 Å². The lowest BCUT2D eigenvalue weighted by atomic mass is 9.94. The Morgan fingerprint density at radius 1 is 1.35 bits per heavy atom. The Morgan fingerprint density at radius 3 is 2.61 bits per heavy atom. The van der Waals surface area contributed by atoms with Crippen LogP contribution in [0.25, 0.3) is 0 Å². The van der Waals surface area contributed by atoms with E-state index in [0.717, 1.165) is 0 Å². The van der Waals surface area contributed by atoms with Crippen LogP contribution in [-0.2, 0) is 9.53 Å². The molecule has 6 nitrogen and oxygen atoms in total. The lowest BCUT2D eigenvalue weighted by Gasteiger charge is -2.33. The van der Waals surface area contributed by atoms with Crippen molar-refractivity contribution in [3.8, 4) is 5.75 Å². The van der Waals surface area contributed by atoms with Crippen molar-refractivity contribution >= 4 is 12.0 Å². The van der Waals surface area contributed by atoms with Crippen molar-refractivity contribution in [2.45, 2.75) is 19.6 Å². The second-order valence-corrected chi connectivity index (χ2v) is 4.85. The normalized spacial score (nSPS) is 18.1. The number of urea groups is 1. The van der Waals surface area contributed by atoms with Gasteiger partial charge in [0.25, 0.3) is 0 Å². The zero-order valence-electron chi connectivity index (χ0n) is 12.8. The zero-order valence-corrected chi connectivity index (χ0v) is 12.8. The maximum Gasteiger partial charge on any atom is 0.387 e. The Hall–Kier alpha value is -2.64. The van der Waals surface area contributed by atoms with E-state index in [-0.39, 0.29) is 16.9 Å². The topological polar surface area (TPSA) is 67.9 Å². The summed E-state index contributed by atoms with van der Waals surface area (Å²) in [6.07, 6.45) is 0. The number of esters is 1. The Morgan fingerprint density at radius 2 is 2.00 bits per heavy atom. The van der Waals surface area contributed by atoms with Gasteiger partial charge in [-0.1, -0.05) is 18.2 Å². The highest BCUT2D eigenvalue weighted by atomic mass is 19.3. The molecule has 1 aliphatic heterocycles. The summed E-state index contributed by atoms with van der Waals surface area (Å²) in [6, 6.07) is 4.56. The van der Waals surface area contributed by atoms with E-state index in [1.165, 1.54) is 37.3 Å². The fourth-order valence-electron chi connectivity index (χ4n) is 2.37. The second kappa shape index (κ2) is 6.64. The summed E-state index contributed by atoms with van der Waals surface area (Å²) in [5.41, 5.74) is 0.770. The minimum absolute atomic E-state index is 0.119. The standard InChI is InChI=1S/C15H16F2N2O4/c1-8-11(13(20)22-3)12(18-15(21)19(8)2)9-6-4-5-7-10(9)23-14(16)17/h4-7,12,14H,1-3H3,(H,18,21). The molecule has 8 heteroatoms. The van der Waals surface area contributed by atoms with Crippen LogP contribution in [0.1, 0.15) is 18.5 Å². The third kappa shape index (κ3) is 3.25. The van der Waals surface area contributed by atoms with Gasteiger partial charge in [0.15, 0.2) is 0 Å². The number of hydrogen-bond acceptors (Lipinski definition) is 4. The summed E-state index contributed by atoms with van der Waals surface area (Å²) in [5, 5.41) is 2.60. The minimum Gasteiger partial charge on any atom is -0.466 e. The van der Waals surface area contributed by atoms with Crippen molar-refractivity contribution < 1.29 is 27.8 Å². The number of amides is 2. The number of carbonyl (C=O) groups excluding carboxylic acids is 2. The van der Waals surface area contributed by atoms with Crippen LogP contribution >= 0.6 is 0 Å². The summed E-state index contributed by atoms with van der Waals surface area (Å²) in [4.78, 5) is 25.4. The van der Waals surface area contributed by atoms with E-state index >= 15 is 0 Å². The SMILES string of the molecule is COC(=O)C1=C(C)N(C)C(=O)NC1c1ccccc1OC(F)F. The van der Waals surface area contributed by atoms with Gasteiger partial charge in [-0.25, -0.2) is 9.59 Å². The molecule has 0 spiro atoms. The summed E-state index contributed by atoms with van der Waals surface area (Å²) in [7, 11) is 2.70. The van der Waals surface area contributed by atoms with E-state index in [9.17, 15) is 18.4 Å². The first-order valence-corrected chi connectivity index (χ1v) is 6.73. The molecular weight excluding hydrogens is 310 g/mol. The third-order valence-corrected chi connectivity index (χ3v) is 3.61. The summed E-state index contributed by atoms with van der Waals surface area (Å²) >= 11 is 0. The van der Waals surface area contributed by atoms with Crippen molar-refractivity contribution in [3.05, 3.63) is 41.1 Å². The van der Waals surface area contributed by atoms with Crippen LogP contribution in [-0.4, -0.2) is 37.7 Å². The summed E-state index contributed by atoms with van der Waals surface area (Å²) < 4.78 is 34.4. The molecule has 1 aromatic carbocycles. The number of benzene rings is 1. The van der Waals surface area contributed by atoms with Gasteiger partial charge >= 0.3 is 18.6 Å².